The molecule has 1 fully saturated rings. The molecular formula is C21H26ClF3N2O7. The van der Waals surface area contributed by atoms with Gasteiger partial charge >= 0.3 is 24.2 Å². The molecule has 1 unspecified atom stereocenters. The van der Waals surface area contributed by atoms with Crippen molar-refractivity contribution in [2.75, 3.05) is 20.9 Å². The fourth-order valence-electron chi connectivity index (χ4n) is 3.26. The number of amides is 1. The molecule has 190 valence electrons. The van der Waals surface area contributed by atoms with E-state index in [1.165, 1.54) is 11.9 Å². The van der Waals surface area contributed by atoms with E-state index in [1.807, 2.05) is 0 Å². The minimum absolute atomic E-state index is 0.0814. The summed E-state index contributed by atoms with van der Waals surface area (Å²) in [4.78, 5) is 47.3. The summed E-state index contributed by atoms with van der Waals surface area (Å²) in [5, 5.41) is 10.3. The van der Waals surface area contributed by atoms with Crippen LogP contribution in [0.15, 0.2) is 24.3 Å². The molecule has 0 heterocycles. The van der Waals surface area contributed by atoms with Crippen molar-refractivity contribution in [3.63, 3.8) is 0 Å². The van der Waals surface area contributed by atoms with Gasteiger partial charge in [0.1, 0.15) is 11.6 Å². The first-order chi connectivity index (χ1) is 15.8. The number of carboxylic acid groups (broad SMARTS) is 1. The molecule has 1 amide bonds. The molecule has 13 heteroatoms. The number of carboxylic acids is 1. The number of carbonyl (C=O) groups is 4. The van der Waals surface area contributed by atoms with Crippen molar-refractivity contribution in [1.29, 1.82) is 0 Å². The normalized spacial score (nSPS) is 18.7. The SMILES string of the molecule is CNC(C)C(=O)OCOC(=O)N(C)[C@]1(c2ccccc2Cl)CCCCC1=O.O=C(O)C(F)(F)F. The fraction of sp³-hybridized carbons (Fsp3) is 0.524. The molecule has 0 aromatic heterocycles. The second-order valence-corrected chi connectivity index (χ2v) is 7.74. The predicted molar refractivity (Wildman–Crippen MR) is 114 cm³/mol. The summed E-state index contributed by atoms with van der Waals surface area (Å²) in [5.74, 6) is -3.38. The van der Waals surface area contributed by atoms with Crippen LogP contribution < -0.4 is 5.32 Å². The molecule has 1 saturated carbocycles. The highest BCUT2D eigenvalue weighted by atomic mass is 35.5. The molecule has 1 aromatic carbocycles. The van der Waals surface area contributed by atoms with Crippen LogP contribution in [0.25, 0.3) is 0 Å². The minimum atomic E-state index is -5.08. The molecule has 1 aliphatic rings. The zero-order valence-corrected chi connectivity index (χ0v) is 19.5. The van der Waals surface area contributed by atoms with E-state index >= 15 is 0 Å². The zero-order chi connectivity index (χ0) is 26.1. The van der Waals surface area contributed by atoms with Crippen LogP contribution in [-0.2, 0) is 29.4 Å². The molecule has 0 bridgehead atoms. The van der Waals surface area contributed by atoms with Crippen LogP contribution in [0.4, 0.5) is 18.0 Å². The molecule has 0 aliphatic heterocycles. The maximum absolute atomic E-state index is 12.9. The van der Waals surface area contributed by atoms with E-state index in [4.69, 9.17) is 31.0 Å². The van der Waals surface area contributed by atoms with Crippen molar-refractivity contribution >= 4 is 35.4 Å². The number of alkyl halides is 3. The topological polar surface area (TPSA) is 122 Å². The Morgan fingerprint density at radius 1 is 1.24 bits per heavy atom. The van der Waals surface area contributed by atoms with Gasteiger partial charge in [-0.15, -0.1) is 0 Å². The van der Waals surface area contributed by atoms with Gasteiger partial charge in [0, 0.05) is 24.1 Å². The van der Waals surface area contributed by atoms with Crippen LogP contribution in [0.1, 0.15) is 38.2 Å². The van der Waals surface area contributed by atoms with Gasteiger partial charge in [0.25, 0.3) is 0 Å². The van der Waals surface area contributed by atoms with Gasteiger partial charge in [-0.1, -0.05) is 29.8 Å². The van der Waals surface area contributed by atoms with E-state index in [2.05, 4.69) is 5.32 Å². The Labute approximate surface area is 199 Å². The third-order valence-electron chi connectivity index (χ3n) is 5.23. The molecule has 1 aliphatic carbocycles. The van der Waals surface area contributed by atoms with Crippen LogP contribution in [0.2, 0.25) is 5.02 Å². The monoisotopic (exact) mass is 510 g/mol. The third kappa shape index (κ3) is 7.32. The number of aliphatic carboxylic acids is 1. The van der Waals surface area contributed by atoms with Crippen molar-refractivity contribution in [2.24, 2.45) is 0 Å². The van der Waals surface area contributed by atoms with Crippen molar-refractivity contribution in [3.05, 3.63) is 34.9 Å². The van der Waals surface area contributed by atoms with Crippen molar-refractivity contribution in [3.8, 4) is 0 Å². The first-order valence-electron chi connectivity index (χ1n) is 10.1. The number of rotatable bonds is 6. The van der Waals surface area contributed by atoms with Gasteiger partial charge in [-0.25, -0.2) is 9.59 Å². The standard InChI is InChI=1S/C19H25ClN2O5.C2HF3O2/c1-13(21-2)17(24)26-12-27-18(25)22(3)19(11-7-6-10-16(19)23)14-8-4-5-9-15(14)20;3-2(4,5)1(6)7/h4-5,8-9,13,21H,6-7,10-12H2,1-3H3;(H,6,7)/t13?,19-;/m0./s1. The van der Waals surface area contributed by atoms with Crippen LogP contribution in [0, 0.1) is 0 Å². The van der Waals surface area contributed by atoms with Gasteiger partial charge < -0.3 is 19.9 Å². The van der Waals surface area contributed by atoms with E-state index in [0.717, 1.165) is 12.8 Å². The van der Waals surface area contributed by atoms with E-state index in [-0.39, 0.29) is 5.78 Å². The lowest BCUT2D eigenvalue weighted by Crippen LogP contribution is -2.54. The highest BCUT2D eigenvalue weighted by molar-refractivity contribution is 6.31. The number of hydrogen-bond acceptors (Lipinski definition) is 7. The number of halogens is 4. The molecule has 2 N–H and O–H groups in total. The number of ether oxygens (including phenoxy) is 2. The van der Waals surface area contributed by atoms with Gasteiger partial charge in [0.05, 0.1) is 0 Å². The Morgan fingerprint density at radius 2 is 1.82 bits per heavy atom. The number of nitrogens with zero attached hydrogens (tertiary/aromatic N) is 1. The summed E-state index contributed by atoms with van der Waals surface area (Å²) in [6, 6.07) is 6.49. The highest BCUT2D eigenvalue weighted by Crippen LogP contribution is 2.42. The van der Waals surface area contributed by atoms with Gasteiger partial charge in [-0.05, 0) is 39.3 Å². The molecule has 0 saturated heterocycles. The maximum Gasteiger partial charge on any atom is 0.490 e. The van der Waals surface area contributed by atoms with E-state index in [0.29, 0.717) is 23.4 Å². The highest BCUT2D eigenvalue weighted by Gasteiger charge is 2.48. The number of carbonyl (C=O) groups excluding carboxylic acids is 3. The molecule has 0 radical (unpaired) electrons. The quantitative estimate of drug-likeness (QED) is 0.440. The van der Waals surface area contributed by atoms with Gasteiger partial charge in [0.2, 0.25) is 6.79 Å². The minimum Gasteiger partial charge on any atom is -0.475 e. The first kappa shape index (κ1) is 29.2. The Hall–Kier alpha value is -2.86. The lowest BCUT2D eigenvalue weighted by Gasteiger charge is -2.43. The molecule has 34 heavy (non-hydrogen) atoms. The molecule has 9 nitrogen and oxygen atoms in total. The van der Waals surface area contributed by atoms with Crippen LogP contribution >= 0.6 is 11.6 Å². The average molecular weight is 511 g/mol. The first-order valence-corrected chi connectivity index (χ1v) is 10.5. The molecule has 1 aromatic rings. The predicted octanol–water partition coefficient (Wildman–Crippen LogP) is 3.49. The van der Waals surface area contributed by atoms with E-state index < -0.39 is 42.6 Å². The van der Waals surface area contributed by atoms with Crippen LogP contribution in [0.5, 0.6) is 0 Å². The summed E-state index contributed by atoms with van der Waals surface area (Å²) >= 11 is 6.35. The third-order valence-corrected chi connectivity index (χ3v) is 5.56. The second-order valence-electron chi connectivity index (χ2n) is 7.33. The summed E-state index contributed by atoms with van der Waals surface area (Å²) in [5.41, 5.74) is -0.604. The van der Waals surface area contributed by atoms with E-state index in [1.54, 1.807) is 38.2 Å². The second kappa shape index (κ2) is 12.6. The Balaban J connectivity index is 0.000000718. The van der Waals surface area contributed by atoms with E-state index in [9.17, 15) is 27.6 Å². The van der Waals surface area contributed by atoms with Gasteiger partial charge in [0.15, 0.2) is 5.78 Å². The number of likely N-dealkylation sites (N-methyl/N-ethyl adjacent to an activating group) is 2. The average Bonchev–Trinajstić information content (AvgIpc) is 2.78. The molecule has 2 atom stereocenters. The number of hydrogen-bond donors (Lipinski definition) is 2. The number of benzene rings is 1. The van der Waals surface area contributed by atoms with Crippen molar-refractivity contribution in [1.82, 2.24) is 10.2 Å². The van der Waals surface area contributed by atoms with Crippen LogP contribution in [0.3, 0.4) is 0 Å². The molecule has 2 rings (SSSR count). The summed E-state index contributed by atoms with van der Waals surface area (Å²) in [6.07, 6.45) is -3.47. The summed E-state index contributed by atoms with van der Waals surface area (Å²) < 4.78 is 41.7. The zero-order valence-electron chi connectivity index (χ0n) is 18.8. The molecule has 0 spiro atoms. The van der Waals surface area contributed by atoms with Gasteiger partial charge in [-0.2, -0.15) is 13.2 Å². The van der Waals surface area contributed by atoms with Crippen molar-refractivity contribution in [2.45, 2.75) is 50.4 Å². The van der Waals surface area contributed by atoms with Crippen molar-refractivity contribution < 1.29 is 46.9 Å². The maximum atomic E-state index is 12.9. The molecular weight excluding hydrogens is 485 g/mol. The lowest BCUT2D eigenvalue weighted by molar-refractivity contribution is -0.192. The number of nitrogens with one attached hydrogen (secondary N) is 1. The lowest BCUT2D eigenvalue weighted by atomic mass is 9.74. The smallest absolute Gasteiger partial charge is 0.475 e. The largest absolute Gasteiger partial charge is 0.490 e. The van der Waals surface area contributed by atoms with Crippen LogP contribution in [-0.4, -0.2) is 66.9 Å². The van der Waals surface area contributed by atoms with Gasteiger partial charge in [-0.3, -0.25) is 14.5 Å². The number of Topliss-reactive ketones (excluding diaryl/α,β-unsaturated/α-hetero) is 1. The Bertz CT molecular complexity index is 897. The Morgan fingerprint density at radius 3 is 2.32 bits per heavy atom. The fourth-order valence-corrected chi connectivity index (χ4v) is 3.56. The Kier molecular flexibility index (Phi) is 10.8. The number of esters is 1. The summed E-state index contributed by atoms with van der Waals surface area (Å²) in [7, 11) is 3.13. The summed E-state index contributed by atoms with van der Waals surface area (Å²) in [6.45, 7) is 1.10. The number of ketones is 1.